The first-order valence-corrected chi connectivity index (χ1v) is 9.38. The van der Waals surface area contributed by atoms with E-state index >= 15 is 0 Å². The van der Waals surface area contributed by atoms with Crippen molar-refractivity contribution in [3.63, 3.8) is 0 Å². The number of rotatable bonds is 7. The van der Waals surface area contributed by atoms with Gasteiger partial charge in [0.2, 0.25) is 0 Å². The lowest BCUT2D eigenvalue weighted by molar-refractivity contribution is 0.0944. The van der Waals surface area contributed by atoms with Crippen molar-refractivity contribution in [1.29, 1.82) is 0 Å². The van der Waals surface area contributed by atoms with Crippen LogP contribution in [0.3, 0.4) is 0 Å². The van der Waals surface area contributed by atoms with E-state index in [1.165, 1.54) is 0 Å². The number of aromatic nitrogens is 2. The maximum Gasteiger partial charge on any atom is 0.272 e. The van der Waals surface area contributed by atoms with Gasteiger partial charge in [-0.15, -0.1) is 12.4 Å². The van der Waals surface area contributed by atoms with Crippen LogP contribution in [0.5, 0.6) is 5.75 Å². The fourth-order valence-corrected chi connectivity index (χ4v) is 3.03. The molecule has 27 heavy (non-hydrogen) atoms. The van der Waals surface area contributed by atoms with Gasteiger partial charge in [0.25, 0.3) is 5.91 Å². The third kappa shape index (κ3) is 5.97. The van der Waals surface area contributed by atoms with E-state index in [0.29, 0.717) is 30.8 Å². The molecule has 0 spiro atoms. The predicted octanol–water partition coefficient (Wildman–Crippen LogP) is 3.19. The summed E-state index contributed by atoms with van der Waals surface area (Å²) in [4.78, 5) is 12.4. The number of ether oxygens (including phenoxy) is 1. The van der Waals surface area contributed by atoms with Gasteiger partial charge in [0.1, 0.15) is 11.4 Å². The molecule has 7 heteroatoms. The first kappa shape index (κ1) is 21.3. The van der Waals surface area contributed by atoms with Gasteiger partial charge in [0.05, 0.1) is 12.6 Å². The highest BCUT2D eigenvalue weighted by atomic mass is 35.5. The van der Waals surface area contributed by atoms with Crippen LogP contribution < -0.4 is 15.4 Å². The smallest absolute Gasteiger partial charge is 0.272 e. The summed E-state index contributed by atoms with van der Waals surface area (Å²) in [5.41, 5.74) is 1.42. The Balaban J connectivity index is 0.00000261. The van der Waals surface area contributed by atoms with Gasteiger partial charge in [0.15, 0.2) is 0 Å². The average Bonchev–Trinajstić information content (AvgIpc) is 3.16. The summed E-state index contributed by atoms with van der Waals surface area (Å²) >= 11 is 0. The van der Waals surface area contributed by atoms with Gasteiger partial charge in [-0.2, -0.15) is 5.10 Å². The summed E-state index contributed by atoms with van der Waals surface area (Å²) in [6.45, 7) is 7.27. The quantitative estimate of drug-likeness (QED) is 0.759. The Morgan fingerprint density at radius 2 is 2.19 bits per heavy atom. The van der Waals surface area contributed by atoms with Crippen LogP contribution in [0.2, 0.25) is 0 Å². The lowest BCUT2D eigenvalue weighted by atomic mass is 10.1. The van der Waals surface area contributed by atoms with E-state index in [9.17, 15) is 4.79 Å². The lowest BCUT2D eigenvalue weighted by Gasteiger charge is -2.22. The van der Waals surface area contributed by atoms with Crippen LogP contribution in [0.1, 0.15) is 48.8 Å². The number of amides is 1. The number of hydrogen-bond acceptors (Lipinski definition) is 4. The van der Waals surface area contributed by atoms with Gasteiger partial charge in [-0.05, 0) is 37.4 Å². The minimum Gasteiger partial charge on any atom is -0.493 e. The van der Waals surface area contributed by atoms with Crippen molar-refractivity contribution < 1.29 is 9.53 Å². The molecule has 3 rings (SSSR count). The third-order valence-corrected chi connectivity index (χ3v) is 4.47. The lowest BCUT2D eigenvalue weighted by Crippen LogP contribution is -2.32. The van der Waals surface area contributed by atoms with Crippen LogP contribution in [0.4, 0.5) is 0 Å². The zero-order valence-corrected chi connectivity index (χ0v) is 16.8. The van der Waals surface area contributed by atoms with E-state index in [-0.39, 0.29) is 18.3 Å². The highest BCUT2D eigenvalue weighted by molar-refractivity contribution is 5.92. The zero-order chi connectivity index (χ0) is 18.4. The van der Waals surface area contributed by atoms with Crippen molar-refractivity contribution in [3.05, 3.63) is 47.8 Å². The third-order valence-electron chi connectivity index (χ3n) is 4.47. The molecule has 0 bridgehead atoms. The fraction of sp³-hybridized carbons (Fsp3) is 0.500. The molecule has 6 nitrogen and oxygen atoms in total. The molecule has 2 N–H and O–H groups in total. The van der Waals surface area contributed by atoms with Crippen molar-refractivity contribution in [3.8, 4) is 5.75 Å². The Hall–Kier alpha value is -2.05. The van der Waals surface area contributed by atoms with E-state index in [4.69, 9.17) is 4.74 Å². The maximum atomic E-state index is 12.4. The first-order valence-electron chi connectivity index (χ1n) is 9.38. The molecule has 148 valence electrons. The molecular formula is C20H29ClN4O2. The molecule has 1 aliphatic rings. The number of piperidine rings is 1. The molecule has 0 radical (unpaired) electrons. The second kappa shape index (κ2) is 10.3. The summed E-state index contributed by atoms with van der Waals surface area (Å²) in [5, 5.41) is 10.8. The topological polar surface area (TPSA) is 68.2 Å². The summed E-state index contributed by atoms with van der Waals surface area (Å²) in [6, 6.07) is 9.92. The molecule has 0 aliphatic carbocycles. The van der Waals surface area contributed by atoms with Gasteiger partial charge in [-0.3, -0.25) is 9.48 Å². The SMILES string of the molecule is CC(C)COc1ccccc1CNC(=O)c1ccn(C2CCCNC2)n1.Cl. The molecule has 1 saturated heterocycles. The van der Waals surface area contributed by atoms with Gasteiger partial charge in [-0.1, -0.05) is 32.0 Å². The standard InChI is InChI=1S/C20H28N4O2.ClH/c1-15(2)14-26-19-8-4-3-6-16(19)12-22-20(25)18-9-11-24(23-18)17-7-5-10-21-13-17;/h3-4,6,8-9,11,15,17,21H,5,7,10,12-14H2,1-2H3,(H,22,25);1H. The zero-order valence-electron chi connectivity index (χ0n) is 16.0. The predicted molar refractivity (Wildman–Crippen MR) is 109 cm³/mol. The van der Waals surface area contributed by atoms with Crippen LogP contribution in [-0.4, -0.2) is 35.4 Å². The molecule has 1 fully saturated rings. The number of nitrogens with zero attached hydrogens (tertiary/aromatic N) is 2. The molecular weight excluding hydrogens is 364 g/mol. The second-order valence-electron chi connectivity index (χ2n) is 7.18. The number of halogens is 1. The van der Waals surface area contributed by atoms with Crippen molar-refractivity contribution in [2.45, 2.75) is 39.3 Å². The number of carbonyl (C=O) groups is 1. The van der Waals surface area contributed by atoms with E-state index in [2.05, 4.69) is 29.6 Å². The largest absolute Gasteiger partial charge is 0.493 e. The van der Waals surface area contributed by atoms with E-state index in [1.54, 1.807) is 6.07 Å². The number of benzene rings is 1. The molecule has 2 aromatic rings. The normalized spacial score (nSPS) is 16.6. The van der Waals surface area contributed by atoms with Crippen molar-refractivity contribution in [2.24, 2.45) is 5.92 Å². The molecule has 1 aliphatic heterocycles. The second-order valence-corrected chi connectivity index (χ2v) is 7.18. The molecule has 0 saturated carbocycles. The molecule has 1 atom stereocenters. The van der Waals surface area contributed by atoms with Crippen LogP contribution in [0.25, 0.3) is 0 Å². The monoisotopic (exact) mass is 392 g/mol. The summed E-state index contributed by atoms with van der Waals surface area (Å²) in [5.74, 6) is 1.11. The number of para-hydroxylation sites is 1. The maximum absolute atomic E-state index is 12.4. The fourth-order valence-electron chi connectivity index (χ4n) is 3.03. The Labute approximate surface area is 167 Å². The number of carbonyl (C=O) groups excluding carboxylic acids is 1. The molecule has 1 aromatic heterocycles. The molecule has 1 unspecified atom stereocenters. The average molecular weight is 393 g/mol. The number of nitrogens with one attached hydrogen (secondary N) is 2. The highest BCUT2D eigenvalue weighted by Gasteiger charge is 2.17. The molecule has 2 heterocycles. The van der Waals surface area contributed by atoms with Crippen molar-refractivity contribution in [1.82, 2.24) is 20.4 Å². The minimum absolute atomic E-state index is 0. The first-order chi connectivity index (χ1) is 12.6. The Bertz CT molecular complexity index is 726. The van der Waals surface area contributed by atoms with Gasteiger partial charge < -0.3 is 15.4 Å². The highest BCUT2D eigenvalue weighted by Crippen LogP contribution is 2.19. The van der Waals surface area contributed by atoms with Crippen LogP contribution in [-0.2, 0) is 6.54 Å². The Morgan fingerprint density at radius 3 is 2.93 bits per heavy atom. The summed E-state index contributed by atoms with van der Waals surface area (Å²) < 4.78 is 7.75. The van der Waals surface area contributed by atoms with Crippen molar-refractivity contribution in [2.75, 3.05) is 19.7 Å². The number of hydrogen-bond donors (Lipinski definition) is 2. The van der Waals surface area contributed by atoms with Crippen LogP contribution in [0, 0.1) is 5.92 Å². The van der Waals surface area contributed by atoms with Crippen molar-refractivity contribution >= 4 is 18.3 Å². The minimum atomic E-state index is -0.161. The van der Waals surface area contributed by atoms with Crippen LogP contribution >= 0.6 is 12.4 Å². The van der Waals surface area contributed by atoms with Gasteiger partial charge in [-0.25, -0.2) is 0 Å². The van der Waals surface area contributed by atoms with Gasteiger partial charge in [0, 0.05) is 24.8 Å². The Kier molecular flexibility index (Phi) is 8.13. The van der Waals surface area contributed by atoms with E-state index < -0.39 is 0 Å². The van der Waals surface area contributed by atoms with Gasteiger partial charge >= 0.3 is 0 Å². The Morgan fingerprint density at radius 1 is 1.37 bits per heavy atom. The van der Waals surface area contributed by atoms with Crippen LogP contribution in [0.15, 0.2) is 36.5 Å². The summed E-state index contributed by atoms with van der Waals surface area (Å²) in [7, 11) is 0. The van der Waals surface area contributed by atoms with E-state index in [1.807, 2.05) is 35.1 Å². The van der Waals surface area contributed by atoms with E-state index in [0.717, 1.165) is 37.2 Å². The molecule has 1 aromatic carbocycles. The molecule has 1 amide bonds. The summed E-state index contributed by atoms with van der Waals surface area (Å²) in [6.07, 6.45) is 4.13.